The van der Waals surface area contributed by atoms with Gasteiger partial charge in [0.1, 0.15) is 5.56 Å². The number of carbonyl (C=O) groups excluding carboxylic acids is 1. The Morgan fingerprint density at radius 3 is 2.81 bits per heavy atom. The standard InChI is InChI=1S/C18H15ClN2O4S/c19-14-3-4-17(21(23)24)16(10-14)18(22)20(11-13-6-8-25-12-13)7-5-15-2-1-9-26-15/h1-4,6,8-10,12H,5,7,11H2. The molecular weight excluding hydrogens is 376 g/mol. The van der Waals surface area contributed by atoms with Crippen molar-refractivity contribution in [1.82, 2.24) is 4.90 Å². The fourth-order valence-electron chi connectivity index (χ4n) is 2.56. The average Bonchev–Trinajstić information content (AvgIpc) is 3.31. The van der Waals surface area contributed by atoms with Gasteiger partial charge in [0.2, 0.25) is 0 Å². The smallest absolute Gasteiger partial charge is 0.282 e. The molecule has 0 aliphatic rings. The summed E-state index contributed by atoms with van der Waals surface area (Å²) in [6, 6.07) is 9.71. The van der Waals surface area contributed by atoms with E-state index in [0.717, 1.165) is 10.4 Å². The van der Waals surface area contributed by atoms with E-state index in [9.17, 15) is 14.9 Å². The largest absolute Gasteiger partial charge is 0.472 e. The molecule has 2 heterocycles. The van der Waals surface area contributed by atoms with E-state index in [1.165, 1.54) is 24.5 Å². The van der Waals surface area contributed by atoms with Gasteiger partial charge in [0.05, 0.1) is 17.4 Å². The van der Waals surface area contributed by atoms with Crippen molar-refractivity contribution < 1.29 is 14.1 Å². The number of furan rings is 1. The number of nitro groups is 1. The third-order valence-electron chi connectivity index (χ3n) is 3.83. The van der Waals surface area contributed by atoms with Crippen molar-refractivity contribution in [3.63, 3.8) is 0 Å². The number of halogens is 1. The first-order valence-electron chi connectivity index (χ1n) is 7.81. The Balaban J connectivity index is 1.88. The van der Waals surface area contributed by atoms with E-state index in [1.807, 2.05) is 17.5 Å². The molecule has 0 bridgehead atoms. The Kier molecular flexibility index (Phi) is 5.70. The van der Waals surface area contributed by atoms with Gasteiger partial charge < -0.3 is 9.32 Å². The van der Waals surface area contributed by atoms with Crippen LogP contribution in [0.25, 0.3) is 0 Å². The SMILES string of the molecule is O=C(c1cc(Cl)ccc1[N+](=O)[O-])N(CCc1cccs1)Cc1ccoc1. The molecule has 0 radical (unpaired) electrons. The predicted octanol–water partition coefficient (Wildman–Crippen LogP) is 4.79. The number of hydrogen-bond donors (Lipinski definition) is 0. The molecule has 1 aromatic carbocycles. The van der Waals surface area contributed by atoms with Crippen LogP contribution in [0.4, 0.5) is 5.69 Å². The molecule has 1 amide bonds. The van der Waals surface area contributed by atoms with Crippen molar-refractivity contribution in [1.29, 1.82) is 0 Å². The molecule has 0 unspecified atom stereocenters. The lowest BCUT2D eigenvalue weighted by Crippen LogP contribution is -2.32. The highest BCUT2D eigenvalue weighted by atomic mass is 35.5. The zero-order valence-corrected chi connectivity index (χ0v) is 15.2. The van der Waals surface area contributed by atoms with Gasteiger partial charge in [-0.1, -0.05) is 17.7 Å². The number of thiophene rings is 1. The van der Waals surface area contributed by atoms with Crippen molar-refractivity contribution in [2.45, 2.75) is 13.0 Å². The number of hydrogen-bond acceptors (Lipinski definition) is 5. The Morgan fingerprint density at radius 1 is 1.31 bits per heavy atom. The third kappa shape index (κ3) is 4.30. The molecule has 0 aliphatic carbocycles. The number of amides is 1. The second-order valence-corrected chi connectivity index (χ2v) is 7.07. The Bertz CT molecular complexity index is 894. The summed E-state index contributed by atoms with van der Waals surface area (Å²) >= 11 is 7.57. The number of benzene rings is 1. The number of nitrogens with zero attached hydrogens (tertiary/aromatic N) is 2. The van der Waals surface area contributed by atoms with Crippen molar-refractivity contribution >= 4 is 34.5 Å². The van der Waals surface area contributed by atoms with Crippen LogP contribution >= 0.6 is 22.9 Å². The zero-order chi connectivity index (χ0) is 18.5. The molecule has 0 saturated carbocycles. The van der Waals surface area contributed by atoms with Gasteiger partial charge in [-0.25, -0.2) is 0 Å². The zero-order valence-electron chi connectivity index (χ0n) is 13.6. The van der Waals surface area contributed by atoms with Crippen LogP contribution in [0.3, 0.4) is 0 Å². The van der Waals surface area contributed by atoms with Crippen molar-refractivity contribution in [2.75, 3.05) is 6.54 Å². The van der Waals surface area contributed by atoms with Gasteiger partial charge in [0, 0.05) is 34.6 Å². The van der Waals surface area contributed by atoms with E-state index < -0.39 is 10.8 Å². The van der Waals surface area contributed by atoms with Crippen molar-refractivity contribution in [3.05, 3.63) is 85.4 Å². The average molecular weight is 391 g/mol. The minimum absolute atomic E-state index is 0.0165. The second kappa shape index (κ2) is 8.16. The molecule has 26 heavy (non-hydrogen) atoms. The van der Waals surface area contributed by atoms with Crippen molar-refractivity contribution in [2.24, 2.45) is 0 Å². The first kappa shape index (κ1) is 18.2. The van der Waals surface area contributed by atoms with Gasteiger partial charge >= 0.3 is 0 Å². The van der Waals surface area contributed by atoms with Gasteiger partial charge in [-0.2, -0.15) is 0 Å². The summed E-state index contributed by atoms with van der Waals surface area (Å²) < 4.78 is 5.07. The van der Waals surface area contributed by atoms with Gasteiger partial charge in [-0.05, 0) is 36.1 Å². The summed E-state index contributed by atoms with van der Waals surface area (Å²) in [7, 11) is 0. The van der Waals surface area contributed by atoms with E-state index in [-0.39, 0.29) is 16.3 Å². The lowest BCUT2D eigenvalue weighted by atomic mass is 10.1. The van der Waals surface area contributed by atoms with Gasteiger partial charge in [0.25, 0.3) is 11.6 Å². The molecule has 6 nitrogen and oxygen atoms in total. The van der Waals surface area contributed by atoms with Crippen LogP contribution in [0.15, 0.2) is 58.7 Å². The van der Waals surface area contributed by atoms with E-state index in [0.29, 0.717) is 19.5 Å². The van der Waals surface area contributed by atoms with Crippen LogP contribution in [-0.4, -0.2) is 22.3 Å². The monoisotopic (exact) mass is 390 g/mol. The van der Waals surface area contributed by atoms with E-state index in [4.69, 9.17) is 16.0 Å². The Hall–Kier alpha value is -2.64. The van der Waals surface area contributed by atoms with Crippen LogP contribution < -0.4 is 0 Å². The number of nitro benzene ring substituents is 1. The summed E-state index contributed by atoms with van der Waals surface area (Å²) in [4.78, 5) is 26.5. The van der Waals surface area contributed by atoms with Crippen LogP contribution in [0.2, 0.25) is 5.02 Å². The fraction of sp³-hybridized carbons (Fsp3) is 0.167. The van der Waals surface area contributed by atoms with Crippen LogP contribution in [0.5, 0.6) is 0 Å². The first-order chi connectivity index (χ1) is 12.5. The quantitative estimate of drug-likeness (QED) is 0.429. The second-order valence-electron chi connectivity index (χ2n) is 5.61. The van der Waals surface area contributed by atoms with E-state index in [1.54, 1.807) is 28.6 Å². The first-order valence-corrected chi connectivity index (χ1v) is 9.07. The number of carbonyl (C=O) groups is 1. The molecule has 0 spiro atoms. The summed E-state index contributed by atoms with van der Waals surface area (Å²) in [6.45, 7) is 0.721. The molecule has 0 fully saturated rings. The maximum Gasteiger partial charge on any atom is 0.282 e. The molecule has 0 N–H and O–H groups in total. The maximum absolute atomic E-state index is 13.0. The molecule has 3 rings (SSSR count). The van der Waals surface area contributed by atoms with Crippen molar-refractivity contribution in [3.8, 4) is 0 Å². The van der Waals surface area contributed by atoms with Crippen LogP contribution in [0, 0.1) is 10.1 Å². The highest BCUT2D eigenvalue weighted by molar-refractivity contribution is 7.09. The predicted molar refractivity (Wildman–Crippen MR) is 99.6 cm³/mol. The minimum Gasteiger partial charge on any atom is -0.472 e. The number of rotatable bonds is 7. The van der Waals surface area contributed by atoms with E-state index in [2.05, 4.69) is 0 Å². The highest BCUT2D eigenvalue weighted by Gasteiger charge is 2.25. The fourth-order valence-corrected chi connectivity index (χ4v) is 3.43. The lowest BCUT2D eigenvalue weighted by Gasteiger charge is -2.22. The van der Waals surface area contributed by atoms with Crippen LogP contribution in [0.1, 0.15) is 20.8 Å². The third-order valence-corrected chi connectivity index (χ3v) is 5.01. The molecule has 8 heteroatoms. The molecule has 2 aromatic heterocycles. The molecule has 0 atom stereocenters. The normalized spacial score (nSPS) is 10.7. The summed E-state index contributed by atoms with van der Waals surface area (Å²) in [5.41, 5.74) is 0.541. The summed E-state index contributed by atoms with van der Waals surface area (Å²) in [6.07, 6.45) is 3.74. The van der Waals surface area contributed by atoms with Gasteiger partial charge in [-0.15, -0.1) is 11.3 Å². The van der Waals surface area contributed by atoms with Gasteiger partial charge in [-0.3, -0.25) is 14.9 Å². The molecule has 0 saturated heterocycles. The minimum atomic E-state index is -0.571. The Morgan fingerprint density at radius 2 is 2.15 bits per heavy atom. The lowest BCUT2D eigenvalue weighted by molar-refractivity contribution is -0.385. The summed E-state index contributed by atoms with van der Waals surface area (Å²) in [5.74, 6) is -0.433. The molecule has 134 valence electrons. The summed E-state index contributed by atoms with van der Waals surface area (Å²) in [5, 5.41) is 13.5. The molecular formula is C18H15ClN2O4S. The van der Waals surface area contributed by atoms with Gasteiger partial charge in [0.15, 0.2) is 0 Å². The topological polar surface area (TPSA) is 76.6 Å². The van der Waals surface area contributed by atoms with Crippen LogP contribution in [-0.2, 0) is 13.0 Å². The highest BCUT2D eigenvalue weighted by Crippen LogP contribution is 2.25. The van der Waals surface area contributed by atoms with E-state index >= 15 is 0 Å². The molecule has 0 aliphatic heterocycles. The maximum atomic E-state index is 13.0. The molecule has 3 aromatic rings. The Labute approximate surface area is 158 Å².